The molecule has 0 aliphatic heterocycles. The molecule has 0 spiro atoms. The third-order valence-electron chi connectivity index (χ3n) is 6.75. The lowest BCUT2D eigenvalue weighted by Crippen LogP contribution is -2.49. The second-order valence-corrected chi connectivity index (χ2v) is 9.34. The molecule has 0 bridgehead atoms. The number of rotatable bonds is 13. The van der Waals surface area contributed by atoms with Crippen molar-refractivity contribution in [1.82, 2.24) is 0 Å². The van der Waals surface area contributed by atoms with Gasteiger partial charge in [0.2, 0.25) is 0 Å². The summed E-state index contributed by atoms with van der Waals surface area (Å²) < 4.78 is 7.10. The minimum atomic E-state index is 0.421. The van der Waals surface area contributed by atoms with Crippen molar-refractivity contribution in [2.45, 2.75) is 41.5 Å². The lowest BCUT2D eigenvalue weighted by atomic mass is 10.1. The smallest absolute Gasteiger partial charge is 0.158 e. The number of nitriles is 2. The fourth-order valence-corrected chi connectivity index (χ4v) is 4.88. The summed E-state index contributed by atoms with van der Waals surface area (Å²) in [5.74, 6) is 0. The van der Waals surface area contributed by atoms with Gasteiger partial charge in [-0.25, -0.2) is 0 Å². The first kappa shape index (κ1) is 27.5. The van der Waals surface area contributed by atoms with E-state index in [-0.39, 0.29) is 0 Å². The predicted molar refractivity (Wildman–Crippen MR) is 139 cm³/mol. The van der Waals surface area contributed by atoms with Crippen molar-refractivity contribution < 1.29 is 9.22 Å². The van der Waals surface area contributed by atoms with Crippen molar-refractivity contribution in [3.63, 3.8) is 0 Å². The fraction of sp³-hybridized carbons (Fsp3) is 0.538. The number of quaternary nitrogens is 1. The van der Waals surface area contributed by atoms with Gasteiger partial charge >= 0.3 is 0 Å². The van der Waals surface area contributed by atoms with Crippen molar-refractivity contribution >= 4 is 27.7 Å². The zero-order chi connectivity index (χ0) is 25.1. The first-order valence-electron chi connectivity index (χ1n) is 12.0. The second kappa shape index (κ2) is 13.2. The normalized spacial score (nSPS) is 11.5. The van der Waals surface area contributed by atoms with Crippen LogP contribution in [-0.4, -0.2) is 57.0 Å². The first-order valence-corrected chi connectivity index (χ1v) is 12.8. The molecule has 2 rings (SSSR count). The van der Waals surface area contributed by atoms with Crippen LogP contribution in [0.1, 0.15) is 49.3 Å². The van der Waals surface area contributed by atoms with Crippen molar-refractivity contribution in [3.8, 4) is 12.1 Å². The predicted octanol–water partition coefficient (Wildman–Crippen LogP) is 6.24. The Balaban J connectivity index is 2.01. The molecule has 0 saturated carbocycles. The standard InChI is InChI=1S/C26H37N6OS/c1-7-31(13-15-33-16-14-32(8-2,9-3)10-4)22-11-12-24(20(5)17-22)29-30-26-23(18-27)21(6)25(19-28)34-26/h11-12,17H,7-10,13-16H2,1-6H3/q+1/b30-29+. The molecular weight excluding hydrogens is 444 g/mol. The van der Waals surface area contributed by atoms with Gasteiger partial charge in [-0.05, 0) is 70.9 Å². The molecule has 8 heteroatoms. The van der Waals surface area contributed by atoms with E-state index < -0.39 is 0 Å². The topological polar surface area (TPSA) is 84.8 Å². The van der Waals surface area contributed by atoms with E-state index in [9.17, 15) is 10.5 Å². The number of ether oxygens (including phenoxy) is 1. The monoisotopic (exact) mass is 481 g/mol. The number of aryl methyl sites for hydroxylation is 1. The van der Waals surface area contributed by atoms with Crippen LogP contribution < -0.4 is 4.90 Å². The van der Waals surface area contributed by atoms with Crippen LogP contribution in [0, 0.1) is 36.5 Å². The van der Waals surface area contributed by atoms with Crippen LogP contribution in [0.4, 0.5) is 16.4 Å². The molecule has 182 valence electrons. The Morgan fingerprint density at radius 2 is 1.71 bits per heavy atom. The van der Waals surface area contributed by atoms with E-state index in [0.29, 0.717) is 27.6 Å². The highest BCUT2D eigenvalue weighted by Gasteiger charge is 2.20. The number of thiophene rings is 1. The van der Waals surface area contributed by atoms with Crippen LogP contribution >= 0.6 is 11.3 Å². The lowest BCUT2D eigenvalue weighted by molar-refractivity contribution is -0.923. The van der Waals surface area contributed by atoms with E-state index >= 15 is 0 Å². The number of likely N-dealkylation sites (N-methyl/N-ethyl adjacent to an activating group) is 2. The zero-order valence-corrected chi connectivity index (χ0v) is 22.2. The van der Waals surface area contributed by atoms with Crippen LogP contribution in [0.5, 0.6) is 0 Å². The number of nitrogens with zero attached hydrogens (tertiary/aromatic N) is 6. The molecule has 0 N–H and O–H groups in total. The van der Waals surface area contributed by atoms with Gasteiger partial charge in [-0.15, -0.1) is 21.6 Å². The largest absolute Gasteiger partial charge is 0.374 e. The summed E-state index contributed by atoms with van der Waals surface area (Å²) in [6, 6.07) is 10.4. The molecule has 0 saturated heterocycles. The Hall–Kier alpha value is -2.78. The van der Waals surface area contributed by atoms with Gasteiger partial charge < -0.3 is 14.1 Å². The van der Waals surface area contributed by atoms with E-state index in [1.54, 1.807) is 6.92 Å². The number of hydrogen-bond donors (Lipinski definition) is 0. The fourth-order valence-electron chi connectivity index (χ4n) is 4.00. The van der Waals surface area contributed by atoms with Crippen molar-refractivity contribution in [3.05, 3.63) is 39.8 Å². The van der Waals surface area contributed by atoms with E-state index in [1.807, 2.05) is 19.1 Å². The Morgan fingerprint density at radius 1 is 1.00 bits per heavy atom. The maximum absolute atomic E-state index is 9.40. The quantitative estimate of drug-likeness (QED) is 0.192. The molecule has 1 heterocycles. The number of anilines is 1. The number of hydrogen-bond acceptors (Lipinski definition) is 7. The molecule has 34 heavy (non-hydrogen) atoms. The molecule has 0 amide bonds. The van der Waals surface area contributed by atoms with Gasteiger partial charge in [-0.2, -0.15) is 10.5 Å². The van der Waals surface area contributed by atoms with Gasteiger partial charge in [0, 0.05) is 18.8 Å². The van der Waals surface area contributed by atoms with Gasteiger partial charge in [0.05, 0.1) is 44.1 Å². The number of benzene rings is 1. The van der Waals surface area contributed by atoms with E-state index in [2.05, 4.69) is 61.0 Å². The Morgan fingerprint density at radius 3 is 2.26 bits per heavy atom. The van der Waals surface area contributed by atoms with Gasteiger partial charge in [0.15, 0.2) is 5.00 Å². The highest BCUT2D eigenvalue weighted by molar-refractivity contribution is 7.16. The summed E-state index contributed by atoms with van der Waals surface area (Å²) in [6.45, 7) is 20.4. The minimum absolute atomic E-state index is 0.421. The minimum Gasteiger partial charge on any atom is -0.374 e. The molecule has 0 atom stereocenters. The SMILES string of the molecule is CCN(CCOCC[N+](CC)(CC)CC)c1ccc(/N=N/c2sc(C#N)c(C)c2C#N)c(C)c1. The summed E-state index contributed by atoms with van der Waals surface area (Å²) >= 11 is 1.20. The molecule has 2 aromatic rings. The van der Waals surface area contributed by atoms with E-state index in [0.717, 1.165) is 67.3 Å². The Bertz CT molecular complexity index is 1050. The molecule has 7 nitrogen and oxygen atoms in total. The van der Waals surface area contributed by atoms with E-state index in [4.69, 9.17) is 4.74 Å². The summed E-state index contributed by atoms with van der Waals surface area (Å²) in [5.41, 5.74) is 3.96. The van der Waals surface area contributed by atoms with Gasteiger partial charge in [0.25, 0.3) is 0 Å². The lowest BCUT2D eigenvalue weighted by Gasteiger charge is -2.35. The molecule has 0 aliphatic carbocycles. The summed E-state index contributed by atoms with van der Waals surface area (Å²) in [6.07, 6.45) is 0. The van der Waals surface area contributed by atoms with Crippen LogP contribution in [-0.2, 0) is 4.74 Å². The molecule has 0 aliphatic rings. The van der Waals surface area contributed by atoms with Crippen molar-refractivity contribution in [1.29, 1.82) is 10.5 Å². The van der Waals surface area contributed by atoms with Crippen LogP contribution in [0.2, 0.25) is 0 Å². The first-order chi connectivity index (χ1) is 16.4. The maximum Gasteiger partial charge on any atom is 0.158 e. The molecule has 0 fully saturated rings. The van der Waals surface area contributed by atoms with Crippen LogP contribution in [0.25, 0.3) is 0 Å². The summed E-state index contributed by atoms with van der Waals surface area (Å²) in [5, 5.41) is 27.7. The average Bonchev–Trinajstić information content (AvgIpc) is 3.17. The second-order valence-electron chi connectivity index (χ2n) is 8.34. The molecule has 1 aromatic heterocycles. The average molecular weight is 482 g/mol. The van der Waals surface area contributed by atoms with Crippen LogP contribution in [0.15, 0.2) is 28.4 Å². The van der Waals surface area contributed by atoms with E-state index in [1.165, 1.54) is 11.3 Å². The molecule has 0 unspecified atom stereocenters. The highest BCUT2D eigenvalue weighted by Crippen LogP contribution is 2.36. The van der Waals surface area contributed by atoms with Crippen molar-refractivity contribution in [2.24, 2.45) is 10.2 Å². The summed E-state index contributed by atoms with van der Waals surface area (Å²) in [4.78, 5) is 2.80. The molecule has 1 aromatic carbocycles. The van der Waals surface area contributed by atoms with Crippen LogP contribution in [0.3, 0.4) is 0 Å². The highest BCUT2D eigenvalue weighted by atomic mass is 32.1. The zero-order valence-electron chi connectivity index (χ0n) is 21.4. The Labute approximate surface area is 208 Å². The van der Waals surface area contributed by atoms with Gasteiger partial charge in [-0.3, -0.25) is 0 Å². The van der Waals surface area contributed by atoms with Gasteiger partial charge in [0.1, 0.15) is 23.6 Å². The maximum atomic E-state index is 9.40. The Kier molecular flexibility index (Phi) is 10.7. The van der Waals surface area contributed by atoms with Crippen molar-refractivity contribution in [2.75, 3.05) is 57.4 Å². The number of azo groups is 1. The summed E-state index contributed by atoms with van der Waals surface area (Å²) in [7, 11) is 0. The third kappa shape index (κ3) is 6.64. The third-order valence-corrected chi connectivity index (χ3v) is 7.83. The molecular formula is C26H37N6OS+. The van der Waals surface area contributed by atoms with Gasteiger partial charge in [-0.1, -0.05) is 0 Å². The molecule has 0 radical (unpaired) electrons.